The fourth-order valence-corrected chi connectivity index (χ4v) is 5.85. The van der Waals surface area contributed by atoms with Crippen molar-refractivity contribution in [2.24, 2.45) is 0 Å². The summed E-state index contributed by atoms with van der Waals surface area (Å²) in [6, 6.07) is 9.66. The molecule has 0 bridgehead atoms. The van der Waals surface area contributed by atoms with Crippen molar-refractivity contribution in [3.63, 3.8) is 0 Å². The predicted octanol–water partition coefficient (Wildman–Crippen LogP) is 8.53. The van der Waals surface area contributed by atoms with Crippen molar-refractivity contribution in [1.29, 1.82) is 0 Å². The molecule has 0 saturated carbocycles. The van der Waals surface area contributed by atoms with Gasteiger partial charge in [0.25, 0.3) is 0 Å². The molecule has 42 heavy (non-hydrogen) atoms. The monoisotopic (exact) mass is 738 g/mol. The molecule has 8 nitrogen and oxygen atoms in total. The minimum Gasteiger partial charge on any atom is -0.493 e. The Bertz CT molecular complexity index is 1550. The standard InChI is InChI=1S/C18H21F3N2O4.C10H11ClIN2P/c1-11-8-15(18(19,20)21)22-23(11)12-6-7-13(14(9-12)25-5)26-10-16(24)27-17(2,3)4;1-6(2)7-3-4-9-8(10(7)11)5-13-14(9)15-12/h6-9H,10H2,1-5H3;3-6,15H,1-2H3. The third-order valence-electron chi connectivity index (χ3n) is 5.75. The average Bonchev–Trinajstić information content (AvgIpc) is 3.50. The fraction of sp³-hybridized carbons (Fsp3) is 0.393. The predicted molar refractivity (Wildman–Crippen MR) is 168 cm³/mol. The molecular weight excluding hydrogens is 707 g/mol. The summed E-state index contributed by atoms with van der Waals surface area (Å²) in [6.07, 6.45) is -2.06. The van der Waals surface area contributed by atoms with Crippen LogP contribution in [0.2, 0.25) is 5.02 Å². The summed E-state index contributed by atoms with van der Waals surface area (Å²) < 4.78 is 57.4. The molecule has 0 aliphatic heterocycles. The summed E-state index contributed by atoms with van der Waals surface area (Å²) in [7, 11) is 1.39. The molecule has 0 fully saturated rings. The van der Waals surface area contributed by atoms with Gasteiger partial charge in [-0.05, 0) is 85.5 Å². The van der Waals surface area contributed by atoms with Gasteiger partial charge in [0.05, 0.1) is 35.9 Å². The van der Waals surface area contributed by atoms with E-state index in [0.717, 1.165) is 26.7 Å². The maximum absolute atomic E-state index is 12.8. The Labute approximate surface area is 262 Å². The number of fused-ring (bicyclic) bond motifs is 1. The molecule has 0 spiro atoms. The number of carbonyl (C=O) groups excluding carboxylic acids is 1. The maximum atomic E-state index is 12.8. The molecule has 4 aromatic rings. The first kappa shape index (κ1) is 33.9. The lowest BCUT2D eigenvalue weighted by atomic mass is 10.0. The summed E-state index contributed by atoms with van der Waals surface area (Å²) in [6.45, 7) is 10.7. The molecule has 14 heteroatoms. The first-order valence-corrected chi connectivity index (χ1v) is 17.2. The molecule has 0 aliphatic rings. The van der Waals surface area contributed by atoms with E-state index >= 15 is 0 Å². The van der Waals surface area contributed by atoms with E-state index in [4.69, 9.17) is 25.8 Å². The molecule has 0 radical (unpaired) electrons. The lowest BCUT2D eigenvalue weighted by molar-refractivity contribution is -0.157. The number of esters is 1. The molecular formula is C28H32ClF3IN4O4P. The highest BCUT2D eigenvalue weighted by Gasteiger charge is 2.34. The van der Waals surface area contributed by atoms with Gasteiger partial charge in [-0.3, -0.25) is 0 Å². The van der Waals surface area contributed by atoms with Crippen molar-refractivity contribution in [3.8, 4) is 17.2 Å². The molecule has 0 aliphatic carbocycles. The number of hydrogen-bond acceptors (Lipinski definition) is 6. The van der Waals surface area contributed by atoms with Crippen LogP contribution in [0, 0.1) is 6.92 Å². The van der Waals surface area contributed by atoms with Gasteiger partial charge in [-0.2, -0.15) is 23.4 Å². The molecule has 0 saturated heterocycles. The van der Waals surface area contributed by atoms with E-state index in [1.54, 1.807) is 20.8 Å². The Kier molecular flexibility index (Phi) is 11.2. The van der Waals surface area contributed by atoms with E-state index in [0.29, 0.717) is 23.7 Å². The van der Waals surface area contributed by atoms with Crippen LogP contribution in [0.4, 0.5) is 13.2 Å². The van der Waals surface area contributed by atoms with E-state index in [-0.39, 0.29) is 18.1 Å². The van der Waals surface area contributed by atoms with Gasteiger partial charge in [0, 0.05) is 17.1 Å². The molecule has 2 aromatic heterocycles. The second-order valence-corrected chi connectivity index (χ2v) is 12.9. The molecule has 2 heterocycles. The number of rotatable bonds is 7. The summed E-state index contributed by atoms with van der Waals surface area (Å²) in [5, 5.41) is 9.82. The van der Waals surface area contributed by atoms with Crippen LogP contribution in [0.25, 0.3) is 16.6 Å². The number of halogens is 5. The number of methoxy groups -OCH3 is 1. The van der Waals surface area contributed by atoms with Crippen LogP contribution in [0.15, 0.2) is 42.6 Å². The minimum absolute atomic E-state index is 0.250. The third-order valence-corrected chi connectivity index (χ3v) is 8.06. The number of benzene rings is 2. The SMILES string of the molecule is CC(C)c1ccc2c(cnn2PI)c1Cl.COc1cc(-n2nc(C(F)(F)F)cc2C)ccc1OCC(=O)OC(C)(C)C. The van der Waals surface area contributed by atoms with Gasteiger partial charge in [-0.1, -0.05) is 31.5 Å². The number of carbonyl (C=O) groups is 1. The van der Waals surface area contributed by atoms with Crippen LogP contribution in [-0.2, 0) is 15.7 Å². The summed E-state index contributed by atoms with van der Waals surface area (Å²) in [4.78, 5) is 11.8. The lowest BCUT2D eigenvalue weighted by Crippen LogP contribution is -2.27. The minimum atomic E-state index is -4.53. The Hall–Kier alpha value is -2.57. The molecule has 1 unspecified atom stereocenters. The number of aromatic nitrogens is 4. The van der Waals surface area contributed by atoms with Gasteiger partial charge < -0.3 is 14.2 Å². The van der Waals surface area contributed by atoms with E-state index in [1.165, 1.54) is 37.8 Å². The molecule has 4 rings (SSSR count). The highest BCUT2D eigenvalue weighted by atomic mass is 127. The second-order valence-electron chi connectivity index (χ2n) is 10.5. The quantitative estimate of drug-likeness (QED) is 0.108. The van der Waals surface area contributed by atoms with Crippen LogP contribution in [0.1, 0.15) is 57.5 Å². The average molecular weight is 739 g/mol. The van der Waals surface area contributed by atoms with Crippen LogP contribution >= 0.6 is 40.0 Å². The maximum Gasteiger partial charge on any atom is 0.435 e. The Balaban J connectivity index is 0.000000271. The molecule has 0 N–H and O–H groups in total. The van der Waals surface area contributed by atoms with E-state index < -0.39 is 23.4 Å². The van der Waals surface area contributed by atoms with Crippen LogP contribution in [0.3, 0.4) is 0 Å². The number of nitrogens with zero attached hydrogens (tertiary/aromatic N) is 4. The number of ether oxygens (including phenoxy) is 3. The Morgan fingerprint density at radius 2 is 1.81 bits per heavy atom. The zero-order valence-corrected chi connectivity index (χ0v) is 28.1. The normalized spacial score (nSPS) is 12.1. The van der Waals surface area contributed by atoms with Crippen LogP contribution in [0.5, 0.6) is 11.5 Å². The Morgan fingerprint density at radius 3 is 2.36 bits per heavy atom. The van der Waals surface area contributed by atoms with Gasteiger partial charge >= 0.3 is 12.1 Å². The summed E-state index contributed by atoms with van der Waals surface area (Å²) in [5.41, 5.74) is 1.38. The number of alkyl halides is 3. The highest BCUT2D eigenvalue weighted by Crippen LogP contribution is 2.36. The smallest absolute Gasteiger partial charge is 0.435 e. The zero-order valence-electron chi connectivity index (χ0n) is 24.1. The van der Waals surface area contributed by atoms with Gasteiger partial charge in [0.2, 0.25) is 0 Å². The van der Waals surface area contributed by atoms with Crippen molar-refractivity contribution < 1.29 is 32.2 Å². The summed E-state index contributed by atoms with van der Waals surface area (Å²) >= 11 is 8.67. The largest absolute Gasteiger partial charge is 0.493 e. The first-order chi connectivity index (χ1) is 19.6. The van der Waals surface area contributed by atoms with E-state index in [1.807, 2.05) is 10.6 Å². The van der Waals surface area contributed by atoms with E-state index in [2.05, 4.69) is 58.2 Å². The number of hydrogen-bond donors (Lipinski definition) is 0. The van der Waals surface area contributed by atoms with E-state index in [9.17, 15) is 18.0 Å². The van der Waals surface area contributed by atoms with Crippen molar-refractivity contribution in [3.05, 3.63) is 64.6 Å². The molecule has 228 valence electrons. The fourth-order valence-electron chi connectivity index (χ4n) is 3.89. The van der Waals surface area contributed by atoms with Gasteiger partial charge in [-0.25, -0.2) is 13.9 Å². The molecule has 2 aromatic carbocycles. The van der Waals surface area contributed by atoms with Crippen molar-refractivity contribution in [2.45, 2.75) is 59.2 Å². The van der Waals surface area contributed by atoms with Gasteiger partial charge in [-0.15, -0.1) is 0 Å². The second kappa shape index (κ2) is 13.8. The molecule has 0 amide bonds. The topological polar surface area (TPSA) is 80.4 Å². The zero-order chi connectivity index (χ0) is 31.4. The van der Waals surface area contributed by atoms with Crippen molar-refractivity contribution in [2.75, 3.05) is 13.7 Å². The lowest BCUT2D eigenvalue weighted by Gasteiger charge is -2.20. The summed E-state index contributed by atoms with van der Waals surface area (Å²) in [5.74, 6) is 0.408. The van der Waals surface area contributed by atoms with Crippen molar-refractivity contribution >= 4 is 56.9 Å². The van der Waals surface area contributed by atoms with Crippen LogP contribution < -0.4 is 9.47 Å². The number of aryl methyl sites for hydroxylation is 1. The van der Waals surface area contributed by atoms with Crippen LogP contribution in [-0.4, -0.2) is 44.6 Å². The highest BCUT2D eigenvalue weighted by molar-refractivity contribution is 14.2. The third kappa shape index (κ3) is 8.50. The van der Waals surface area contributed by atoms with Gasteiger partial charge in [0.15, 0.2) is 23.8 Å². The molecule has 1 atom stereocenters. The van der Waals surface area contributed by atoms with Crippen molar-refractivity contribution in [1.82, 2.24) is 19.3 Å². The van der Waals surface area contributed by atoms with Gasteiger partial charge in [0.1, 0.15) is 5.60 Å². The first-order valence-electron chi connectivity index (χ1n) is 12.8. The Morgan fingerprint density at radius 1 is 1.12 bits per heavy atom.